The summed E-state index contributed by atoms with van der Waals surface area (Å²) in [5.41, 5.74) is 11.6. The molecular formula is C92H150N8O37S2. The largest absolute Gasteiger partial charge is 0.479 e. The molecular weight excluding hydrogens is 1870 g/mol. The number of rotatable bonds is 56. The Hall–Kier alpha value is -5.86. The van der Waals surface area contributed by atoms with E-state index in [0.717, 1.165) is 97.5 Å². The van der Waals surface area contributed by atoms with Gasteiger partial charge < -0.3 is 156 Å². The van der Waals surface area contributed by atoms with E-state index in [9.17, 15) is 119 Å². The van der Waals surface area contributed by atoms with Crippen LogP contribution in [0.1, 0.15) is 195 Å². The molecule has 6 saturated heterocycles. The number of thioether (sulfide) groups is 2. The van der Waals surface area contributed by atoms with Gasteiger partial charge in [0.1, 0.15) is 96.9 Å². The maximum Gasteiger partial charge on any atom is 0.332 e. The number of nitrogens with one attached hydrogen (secondary N) is 4. The molecule has 6 aliphatic heterocycles. The predicted octanol–water partition coefficient (Wildman–Crippen LogP) is -2.80. The number of hydrogen-bond acceptors (Lipinski definition) is 39. The summed E-state index contributed by atoms with van der Waals surface area (Å²) in [5.74, 6) is -11.5. The Morgan fingerprint density at radius 3 is 1.16 bits per heavy atom. The summed E-state index contributed by atoms with van der Waals surface area (Å²) in [6.45, 7) is 5.64. The van der Waals surface area contributed by atoms with Crippen LogP contribution in [0.5, 0.6) is 0 Å². The Morgan fingerprint density at radius 2 is 0.813 bits per heavy atom. The van der Waals surface area contributed by atoms with E-state index < -0.39 is 277 Å². The molecule has 6 heterocycles. The number of hydrogen-bond donors (Lipinski definition) is 18. The third-order valence-corrected chi connectivity index (χ3v) is 30.6. The molecule has 0 aromatic carbocycles. The first-order valence-electron chi connectivity index (χ1n) is 49.5. The van der Waals surface area contributed by atoms with Crippen LogP contribution in [0.4, 0.5) is 0 Å². The van der Waals surface area contributed by atoms with Crippen molar-refractivity contribution in [3.8, 4) is 0 Å². The zero-order valence-corrected chi connectivity index (χ0v) is 81.4. The average Bonchev–Trinajstić information content (AvgIpc) is 1.26. The third-order valence-electron chi connectivity index (χ3n) is 28.2. The second-order valence-electron chi connectivity index (χ2n) is 38.1. The molecule has 32 atom stereocenters. The van der Waals surface area contributed by atoms with Gasteiger partial charge in [0.15, 0.2) is 37.4 Å². The molecule has 0 aromatic heterocycles. The lowest BCUT2D eigenvalue weighted by Gasteiger charge is -2.49. The van der Waals surface area contributed by atoms with Crippen molar-refractivity contribution in [1.29, 1.82) is 0 Å². The predicted molar refractivity (Wildman–Crippen MR) is 489 cm³/mol. The lowest BCUT2D eigenvalue weighted by Crippen LogP contribution is -2.67. The third kappa shape index (κ3) is 32.6. The molecule has 8 amide bonds. The van der Waals surface area contributed by atoms with Crippen LogP contribution in [0.15, 0.2) is 0 Å². The number of nitrogens with zero attached hydrogens (tertiary/aromatic N) is 2. The molecule has 4 saturated carbocycles. The Balaban J connectivity index is 0.637. The highest BCUT2D eigenvalue weighted by molar-refractivity contribution is 8.01. The molecule has 47 heteroatoms. The van der Waals surface area contributed by atoms with Crippen molar-refractivity contribution in [2.45, 2.75) is 364 Å². The first-order valence-corrected chi connectivity index (χ1v) is 51.6. The summed E-state index contributed by atoms with van der Waals surface area (Å²) in [6.07, 6.45) is -26.0. The minimum atomic E-state index is -1.78. The zero-order chi connectivity index (χ0) is 101. The fourth-order valence-corrected chi connectivity index (χ4v) is 22.2. The number of aliphatic hydroxyl groups is 10. The Kier molecular flexibility index (Phi) is 47.4. The molecule has 45 nitrogen and oxygen atoms in total. The van der Waals surface area contributed by atoms with Crippen molar-refractivity contribution in [3.63, 3.8) is 0 Å². The van der Waals surface area contributed by atoms with Gasteiger partial charge in [0.2, 0.25) is 47.3 Å². The minimum Gasteiger partial charge on any atom is -0.479 e. The van der Waals surface area contributed by atoms with E-state index in [1.165, 1.54) is 13.8 Å². The van der Waals surface area contributed by atoms with E-state index in [4.69, 9.17) is 73.0 Å². The zero-order valence-electron chi connectivity index (χ0n) is 79.8. The van der Waals surface area contributed by atoms with Crippen molar-refractivity contribution in [1.82, 2.24) is 31.1 Å². The molecule has 20 N–H and O–H groups in total. The number of ketones is 2. The second kappa shape index (κ2) is 57.3. The highest BCUT2D eigenvalue weighted by atomic mass is 32.2. The SMILES string of the molecule is CCC1CC(C(=O)CCCN)C[C@@H](O[C@@H]2O[C@@H](CO)[C@H](O)C(O[C@@H](CC3CCCCC3)C(=O)O)C2NC(=O)CSC2CC(=O)N(CCC(=O)NCCOCCOCCOCCNC(=O)CCN3C(=O)CC(SCC(=O)NC4C(O[C@@H](CC5CCCCC5)C(=O)O)[C@@H](O)[C@H](CO)O[C@H]4O[C@@H]4CC(C(=O)CCCN)CC(CC)[C@H]4O[C@@H]4OC(C)[C@@H](O)[C@H](O)C4O)C3=O)C2=O)[C@@H]1O[C@@H]1OC(C)[C@@H](O)[C@H](O)C1O. The first-order chi connectivity index (χ1) is 66.6. The topological polar surface area (TPSA) is 674 Å². The lowest BCUT2D eigenvalue weighted by molar-refractivity contribution is -0.338. The monoisotopic (exact) mass is 2020 g/mol. The molecule has 0 radical (unpaired) electrons. The molecule has 0 aromatic rings. The van der Waals surface area contributed by atoms with E-state index in [2.05, 4.69) is 21.3 Å². The van der Waals surface area contributed by atoms with Crippen LogP contribution in [0.3, 0.4) is 0 Å². The standard InChI is InChI=1S/C92H150N8O37S2/c1-5-51-37-53(55(103)19-13-23-93)39-57(81(51)136-91-79(117)77(115)73(111)47(3)128-91)132-89-71(83(75(113)61(43-101)134-89)130-59(87(121)122)35-49-15-9-7-10-16-49)97-67(107)45-138-63-41-69(109)99(85(63)119)27-21-65(105)95-25-29-125-31-33-127-34-32-126-30-26-96-66(106)22-28-100-70(110)42-64(86(100)120)139-46-68(108)98-72-84(131-60(88(123)124)36-50-17-11-8-12-18-50)76(114)62(44-102)135-90(72)133-58-40-54(56(104)20-14-24-94)38-52(6-2)82(58)137-92-80(118)78(116)74(112)48(4)129-92/h47-54,57-64,71-84,89-92,101-102,111-118H,5-46,93-94H2,1-4H3,(H,95,105)(H,96,106)(H,97,107)(H,98,108)(H,121,122)(H,123,124)/t47?,48?,51?,52?,53?,54?,57-,58-,59+,60+,61+,62+,63?,64?,71?,72?,73-,74-,75+,76+,77+,78+,79?,80?,81-,82-,83?,84?,89-,90-,91+,92+/m1/s1. The van der Waals surface area contributed by atoms with Gasteiger partial charge >= 0.3 is 11.9 Å². The number of imide groups is 2. The van der Waals surface area contributed by atoms with Gasteiger partial charge in [0.25, 0.3) is 0 Å². The lowest BCUT2D eigenvalue weighted by atomic mass is 9.74. The highest BCUT2D eigenvalue weighted by Gasteiger charge is 2.57. The summed E-state index contributed by atoms with van der Waals surface area (Å²) in [4.78, 5) is 165. The van der Waals surface area contributed by atoms with Gasteiger partial charge in [-0.25, -0.2) is 9.59 Å². The molecule has 0 spiro atoms. The minimum absolute atomic E-state index is 0.0342. The van der Waals surface area contributed by atoms with Crippen LogP contribution in [0.25, 0.3) is 0 Å². The molecule has 10 fully saturated rings. The molecule has 14 unspecified atom stereocenters. The van der Waals surface area contributed by atoms with Crippen LogP contribution in [0.2, 0.25) is 0 Å². The maximum atomic E-state index is 14.4. The summed E-state index contributed by atoms with van der Waals surface area (Å²) in [5, 5.41) is 140. The summed E-state index contributed by atoms with van der Waals surface area (Å²) in [6, 6.07) is -3.15. The fraction of sp³-hybridized carbons (Fsp3) is 0.870. The van der Waals surface area contributed by atoms with Crippen LogP contribution in [-0.2, 0) is 119 Å². The number of Topliss-reactive ketones (excluding diaryl/α,β-unsaturated/α-hetero) is 2. The van der Waals surface area contributed by atoms with Crippen LogP contribution in [-0.4, -0.2) is 415 Å². The number of aliphatic carboxylic acids is 2. The van der Waals surface area contributed by atoms with Crippen LogP contribution < -0.4 is 32.7 Å². The fourth-order valence-electron chi connectivity index (χ4n) is 20.3. The van der Waals surface area contributed by atoms with E-state index in [-0.39, 0.29) is 179 Å². The van der Waals surface area contributed by atoms with Crippen molar-refractivity contribution in [2.24, 2.45) is 47.0 Å². The Morgan fingerprint density at radius 1 is 0.446 bits per heavy atom. The van der Waals surface area contributed by atoms with Crippen molar-refractivity contribution < 1.29 is 180 Å². The van der Waals surface area contributed by atoms with Crippen LogP contribution in [0, 0.1) is 35.5 Å². The van der Waals surface area contributed by atoms with Crippen molar-refractivity contribution >= 4 is 94.3 Å². The Labute approximate surface area is 816 Å². The van der Waals surface area contributed by atoms with Crippen LogP contribution >= 0.6 is 23.5 Å². The number of nitrogens with two attached hydrogens (primary N) is 2. The number of likely N-dealkylation sites (tertiary alicyclic amines) is 2. The molecule has 10 rings (SSSR count). The summed E-state index contributed by atoms with van der Waals surface area (Å²) in [7, 11) is 0. The average molecular weight is 2020 g/mol. The molecule has 10 aliphatic rings. The summed E-state index contributed by atoms with van der Waals surface area (Å²) < 4.78 is 80.2. The van der Waals surface area contributed by atoms with E-state index >= 15 is 0 Å². The van der Waals surface area contributed by atoms with Gasteiger partial charge in [-0.3, -0.25) is 57.7 Å². The number of carbonyl (C=O) groups excluding carboxylic acids is 10. The summed E-state index contributed by atoms with van der Waals surface area (Å²) >= 11 is 1.61. The first kappa shape index (κ1) is 115. The number of carboxylic acids is 2. The molecule has 792 valence electrons. The number of amides is 8. The van der Waals surface area contributed by atoms with Gasteiger partial charge in [0.05, 0.1) is 111 Å². The van der Waals surface area contributed by atoms with Gasteiger partial charge in [-0.15, -0.1) is 23.5 Å². The molecule has 0 bridgehead atoms. The normalized spacial score (nSPS) is 34.9. The maximum absolute atomic E-state index is 14.4. The quantitative estimate of drug-likeness (QED) is 0.0216. The number of aliphatic hydroxyl groups excluding tert-OH is 10. The van der Waals surface area contributed by atoms with Gasteiger partial charge in [-0.05, 0) is 102 Å². The van der Waals surface area contributed by atoms with Crippen molar-refractivity contribution in [3.05, 3.63) is 0 Å². The van der Waals surface area contributed by atoms with E-state index in [0.29, 0.717) is 25.7 Å². The number of carboxylic acid groups (broad SMARTS) is 2. The van der Waals surface area contributed by atoms with E-state index in [1.807, 2.05) is 13.8 Å². The smallest absolute Gasteiger partial charge is 0.332 e. The van der Waals surface area contributed by atoms with Gasteiger partial charge in [-0.1, -0.05) is 90.9 Å². The Bertz CT molecular complexity index is 3680. The van der Waals surface area contributed by atoms with Crippen molar-refractivity contribution in [2.75, 3.05) is 104 Å². The van der Waals surface area contributed by atoms with E-state index in [1.54, 1.807) is 0 Å². The molecule has 4 aliphatic carbocycles. The highest BCUT2D eigenvalue weighted by Crippen LogP contribution is 2.45. The van der Waals surface area contributed by atoms with Gasteiger partial charge in [0, 0.05) is 76.5 Å². The molecule has 139 heavy (non-hydrogen) atoms. The second-order valence-corrected chi connectivity index (χ2v) is 40.5. The number of ether oxygens (including phenoxy) is 13. The number of carbonyl (C=O) groups is 12. The van der Waals surface area contributed by atoms with Gasteiger partial charge in [-0.2, -0.15) is 0 Å².